The Kier molecular flexibility index (Phi) is 5.75. The third kappa shape index (κ3) is 4.92. The zero-order valence-electron chi connectivity index (χ0n) is 17.1. The van der Waals surface area contributed by atoms with Gasteiger partial charge in [-0.15, -0.1) is 0 Å². The predicted molar refractivity (Wildman–Crippen MR) is 114 cm³/mol. The molecule has 0 bridgehead atoms. The number of hydrogen-bond donors (Lipinski definition) is 3. The topological polar surface area (TPSA) is 73.1 Å². The summed E-state index contributed by atoms with van der Waals surface area (Å²) in [5.41, 5.74) is 1.22. The van der Waals surface area contributed by atoms with Crippen LogP contribution < -0.4 is 15.5 Å². The average Bonchev–Trinajstić information content (AvgIpc) is 3.20. The number of carbonyl (C=O) groups excluding carboxylic acids is 1. The second-order valence-corrected chi connectivity index (χ2v) is 7.93. The first-order valence-corrected chi connectivity index (χ1v) is 10.2. The normalized spacial score (nSPS) is 15.3. The summed E-state index contributed by atoms with van der Waals surface area (Å²) in [5.74, 6) is 0.822. The van der Waals surface area contributed by atoms with Gasteiger partial charge in [0.05, 0.1) is 0 Å². The van der Waals surface area contributed by atoms with E-state index in [1.807, 2.05) is 29.3 Å². The van der Waals surface area contributed by atoms with Crippen molar-refractivity contribution in [3.05, 3.63) is 53.9 Å². The van der Waals surface area contributed by atoms with Crippen molar-refractivity contribution in [2.45, 2.75) is 32.5 Å². The van der Waals surface area contributed by atoms with E-state index < -0.39 is 17.9 Å². The number of pyridine rings is 1. The number of benzene rings is 1. The van der Waals surface area contributed by atoms with Gasteiger partial charge in [-0.05, 0) is 49.1 Å². The molecule has 3 heterocycles. The third-order valence-electron chi connectivity index (χ3n) is 5.58. The zero-order chi connectivity index (χ0) is 22.0. The van der Waals surface area contributed by atoms with E-state index in [0.717, 1.165) is 29.8 Å². The number of carbonyl (C=O) groups is 1. The lowest BCUT2D eigenvalue weighted by atomic mass is 9.99. The number of anilines is 2. The number of H-pyrrole nitrogens is 1. The molecule has 1 aliphatic rings. The van der Waals surface area contributed by atoms with Gasteiger partial charge in [-0.3, -0.25) is 0 Å². The maximum Gasteiger partial charge on any atom is 0.433 e. The van der Waals surface area contributed by atoms with Gasteiger partial charge in [0.15, 0.2) is 0 Å². The Bertz CT molecular complexity index is 1070. The molecule has 2 aromatic heterocycles. The minimum atomic E-state index is -4.52. The van der Waals surface area contributed by atoms with Gasteiger partial charge in [0.2, 0.25) is 0 Å². The number of fused-ring (bicyclic) bond motifs is 1. The molecule has 4 rings (SSSR count). The maximum absolute atomic E-state index is 13.2. The van der Waals surface area contributed by atoms with Crippen LogP contribution in [0.1, 0.15) is 31.0 Å². The highest BCUT2D eigenvalue weighted by Crippen LogP contribution is 2.32. The van der Waals surface area contributed by atoms with E-state index in [1.165, 1.54) is 6.07 Å². The van der Waals surface area contributed by atoms with Crippen molar-refractivity contribution in [1.29, 1.82) is 0 Å². The summed E-state index contributed by atoms with van der Waals surface area (Å²) in [6.45, 7) is 3.50. The number of amides is 2. The Morgan fingerprint density at radius 1 is 1.19 bits per heavy atom. The molecule has 0 spiro atoms. The van der Waals surface area contributed by atoms with Crippen LogP contribution in [0.3, 0.4) is 0 Å². The molecule has 31 heavy (non-hydrogen) atoms. The Balaban J connectivity index is 1.47. The van der Waals surface area contributed by atoms with E-state index in [2.05, 4.69) is 27.5 Å². The largest absolute Gasteiger partial charge is 0.433 e. The van der Waals surface area contributed by atoms with E-state index in [9.17, 15) is 18.0 Å². The molecular weight excluding hydrogens is 407 g/mol. The lowest BCUT2D eigenvalue weighted by Gasteiger charge is -2.33. The van der Waals surface area contributed by atoms with Crippen LogP contribution >= 0.6 is 0 Å². The molecule has 6 nitrogen and oxygen atoms in total. The number of rotatable bonds is 4. The third-order valence-corrected chi connectivity index (χ3v) is 5.58. The highest BCUT2D eigenvalue weighted by atomic mass is 19.4. The van der Waals surface area contributed by atoms with Crippen molar-refractivity contribution >= 4 is 28.4 Å². The fourth-order valence-electron chi connectivity index (χ4n) is 3.75. The van der Waals surface area contributed by atoms with Crippen LogP contribution in [-0.2, 0) is 12.7 Å². The van der Waals surface area contributed by atoms with Gasteiger partial charge in [-0.25, -0.2) is 9.78 Å². The molecule has 0 atom stereocenters. The molecule has 9 heteroatoms. The summed E-state index contributed by atoms with van der Waals surface area (Å²) >= 11 is 0. The van der Waals surface area contributed by atoms with Crippen molar-refractivity contribution in [2.75, 3.05) is 23.3 Å². The van der Waals surface area contributed by atoms with Gasteiger partial charge in [0.1, 0.15) is 11.5 Å². The molecule has 2 amide bonds. The molecule has 3 N–H and O–H groups in total. The van der Waals surface area contributed by atoms with Gasteiger partial charge in [-0.1, -0.05) is 13.0 Å². The van der Waals surface area contributed by atoms with Crippen LogP contribution in [0.2, 0.25) is 0 Å². The molecule has 0 aliphatic carbocycles. The molecule has 0 radical (unpaired) electrons. The van der Waals surface area contributed by atoms with Crippen molar-refractivity contribution in [3.8, 4) is 0 Å². The standard InChI is InChI=1S/C22H24F3N5O/c1-14-7-10-30(11-8-14)20-16(2-5-19(29-20)22(23,24)25)13-27-21(31)28-17-3-4-18-15(12-17)6-9-26-18/h2-6,9,12,14,26H,7-8,10-11,13H2,1H3,(H2,27,28,31). The van der Waals surface area contributed by atoms with E-state index in [0.29, 0.717) is 30.3 Å². The summed E-state index contributed by atoms with van der Waals surface area (Å²) in [7, 11) is 0. The summed E-state index contributed by atoms with van der Waals surface area (Å²) in [6.07, 6.45) is -0.910. The summed E-state index contributed by atoms with van der Waals surface area (Å²) in [6, 6.07) is 9.30. The number of hydrogen-bond acceptors (Lipinski definition) is 3. The van der Waals surface area contributed by atoms with Crippen LogP contribution in [-0.4, -0.2) is 29.1 Å². The number of nitrogens with zero attached hydrogens (tertiary/aromatic N) is 2. The lowest BCUT2D eigenvalue weighted by Crippen LogP contribution is -2.35. The Morgan fingerprint density at radius 2 is 1.97 bits per heavy atom. The summed E-state index contributed by atoms with van der Waals surface area (Å²) in [4.78, 5) is 21.2. The van der Waals surface area contributed by atoms with E-state index in [-0.39, 0.29) is 12.4 Å². The first kappa shape index (κ1) is 21.0. The van der Waals surface area contributed by atoms with Crippen molar-refractivity contribution in [1.82, 2.24) is 15.3 Å². The molecule has 164 valence electrons. The van der Waals surface area contributed by atoms with Gasteiger partial charge in [0.25, 0.3) is 0 Å². The number of aromatic amines is 1. The van der Waals surface area contributed by atoms with Gasteiger partial charge < -0.3 is 20.5 Å². The fraction of sp³-hybridized carbons (Fsp3) is 0.364. The maximum atomic E-state index is 13.2. The van der Waals surface area contributed by atoms with Crippen LogP contribution in [0.4, 0.5) is 29.5 Å². The molecule has 1 aliphatic heterocycles. The number of urea groups is 1. The molecular formula is C22H24F3N5O. The number of alkyl halides is 3. The molecule has 1 aromatic carbocycles. The number of nitrogens with one attached hydrogen (secondary N) is 3. The zero-order valence-corrected chi connectivity index (χ0v) is 17.1. The highest BCUT2D eigenvalue weighted by molar-refractivity contribution is 5.92. The molecule has 0 saturated carbocycles. The molecule has 0 unspecified atom stereocenters. The van der Waals surface area contributed by atoms with Crippen LogP contribution in [0.5, 0.6) is 0 Å². The minimum absolute atomic E-state index is 0.0742. The lowest BCUT2D eigenvalue weighted by molar-refractivity contribution is -0.141. The van der Waals surface area contributed by atoms with Crippen molar-refractivity contribution in [2.24, 2.45) is 5.92 Å². The highest BCUT2D eigenvalue weighted by Gasteiger charge is 2.34. The number of piperidine rings is 1. The Labute approximate surface area is 177 Å². The molecule has 3 aromatic rings. The minimum Gasteiger partial charge on any atom is -0.361 e. The van der Waals surface area contributed by atoms with Gasteiger partial charge in [-0.2, -0.15) is 13.2 Å². The SMILES string of the molecule is CC1CCN(c2nc(C(F)(F)F)ccc2CNC(=O)Nc2ccc3[nH]ccc3c2)CC1. The number of aromatic nitrogens is 2. The van der Waals surface area contributed by atoms with Crippen LogP contribution in [0.25, 0.3) is 10.9 Å². The monoisotopic (exact) mass is 431 g/mol. The quantitative estimate of drug-likeness (QED) is 0.536. The average molecular weight is 431 g/mol. The second-order valence-electron chi connectivity index (χ2n) is 7.93. The first-order chi connectivity index (χ1) is 14.8. The Hall–Kier alpha value is -3.23. The summed E-state index contributed by atoms with van der Waals surface area (Å²) < 4.78 is 39.6. The van der Waals surface area contributed by atoms with Crippen LogP contribution in [0.15, 0.2) is 42.6 Å². The predicted octanol–water partition coefficient (Wildman–Crippen LogP) is 5.14. The van der Waals surface area contributed by atoms with E-state index in [4.69, 9.17) is 0 Å². The van der Waals surface area contributed by atoms with Crippen molar-refractivity contribution in [3.63, 3.8) is 0 Å². The van der Waals surface area contributed by atoms with E-state index >= 15 is 0 Å². The molecule has 1 saturated heterocycles. The van der Waals surface area contributed by atoms with Gasteiger partial charge in [0, 0.05) is 48.0 Å². The summed E-state index contributed by atoms with van der Waals surface area (Å²) in [5, 5.41) is 6.45. The van der Waals surface area contributed by atoms with E-state index in [1.54, 1.807) is 6.07 Å². The van der Waals surface area contributed by atoms with Crippen molar-refractivity contribution < 1.29 is 18.0 Å². The first-order valence-electron chi connectivity index (χ1n) is 10.2. The molecule has 1 fully saturated rings. The Morgan fingerprint density at radius 3 is 2.71 bits per heavy atom. The van der Waals surface area contributed by atoms with Crippen LogP contribution in [0, 0.1) is 5.92 Å². The fourth-order valence-corrected chi connectivity index (χ4v) is 3.75. The number of halogens is 3. The van der Waals surface area contributed by atoms with Gasteiger partial charge >= 0.3 is 12.2 Å². The smallest absolute Gasteiger partial charge is 0.361 e. The second kappa shape index (κ2) is 8.49.